The Balaban J connectivity index is 2.01. The number of aromatic nitrogens is 2. The number of hydrogen-bond donors (Lipinski definition) is 1. The second-order valence-electron chi connectivity index (χ2n) is 5.44. The summed E-state index contributed by atoms with van der Waals surface area (Å²) in [6.45, 7) is 5.41. The number of nitrogens with one attached hydrogen (secondary N) is 1. The highest BCUT2D eigenvalue weighted by Gasteiger charge is 2.54. The predicted octanol–water partition coefficient (Wildman–Crippen LogP) is 1.48. The minimum Gasteiger partial charge on any atom is -0.349 e. The molecule has 20 heavy (non-hydrogen) atoms. The molecule has 2 aliphatic rings. The molecule has 4 atom stereocenters. The van der Waals surface area contributed by atoms with E-state index in [4.69, 9.17) is 14.2 Å². The monoisotopic (exact) mass is 305 g/mol. The van der Waals surface area contributed by atoms with E-state index in [1.807, 2.05) is 6.92 Å². The largest absolute Gasteiger partial charge is 0.349 e. The summed E-state index contributed by atoms with van der Waals surface area (Å²) in [4.78, 5) is 14.2. The maximum Gasteiger partial charge on any atom is 0.328 e. The van der Waals surface area contributed by atoms with Crippen LogP contribution in [0.25, 0.3) is 0 Å². The molecule has 1 aromatic rings. The molecule has 0 aromatic carbocycles. The van der Waals surface area contributed by atoms with E-state index in [0.717, 1.165) is 10.8 Å². The number of halogens is 1. The summed E-state index contributed by atoms with van der Waals surface area (Å²) >= 11 is 4.69. The van der Waals surface area contributed by atoms with E-state index in [0.29, 0.717) is 0 Å². The molecule has 0 aliphatic carbocycles. The molecule has 1 unspecified atom stereocenters. The Hall–Kier alpha value is -1.09. The van der Waals surface area contributed by atoms with E-state index in [9.17, 15) is 9.18 Å². The van der Waals surface area contributed by atoms with Crippen molar-refractivity contribution in [3.8, 4) is 0 Å². The van der Waals surface area contributed by atoms with Crippen molar-refractivity contribution in [1.82, 2.24) is 9.55 Å². The number of H-pyrrole nitrogens is 1. The highest BCUT2D eigenvalue weighted by atomic mass is 32.1. The van der Waals surface area contributed by atoms with Crippen molar-refractivity contribution in [2.75, 3.05) is 0 Å². The second kappa shape index (κ2) is 4.45. The summed E-state index contributed by atoms with van der Waals surface area (Å²) in [5, 5.41) is 0. The van der Waals surface area contributed by atoms with Crippen molar-refractivity contribution in [2.24, 2.45) is 0 Å². The van der Waals surface area contributed by atoms with Crippen LogP contribution in [0.1, 0.15) is 27.0 Å². The molecule has 0 radical (unpaired) electrons. The van der Waals surface area contributed by atoms with Crippen LogP contribution in [0.2, 0.25) is 0 Å². The quantitative estimate of drug-likeness (QED) is 0.796. The highest BCUT2D eigenvalue weighted by Crippen LogP contribution is 2.42. The van der Waals surface area contributed by atoms with E-state index in [1.54, 1.807) is 13.8 Å². The maximum absolute atomic E-state index is 13.6. The normalized spacial score (nSPS) is 35.2. The topological polar surface area (TPSA) is 65.5 Å². The third-order valence-electron chi connectivity index (χ3n) is 3.46. The average Bonchev–Trinajstić information content (AvgIpc) is 2.80. The molecule has 1 N–H and O–H groups in total. The zero-order valence-electron chi connectivity index (χ0n) is 11.3. The van der Waals surface area contributed by atoms with E-state index >= 15 is 0 Å². The van der Waals surface area contributed by atoms with Crippen LogP contribution in [-0.2, 0) is 14.2 Å². The van der Waals surface area contributed by atoms with Crippen molar-refractivity contribution in [2.45, 2.75) is 51.1 Å². The molecule has 0 saturated carbocycles. The van der Waals surface area contributed by atoms with Crippen molar-refractivity contribution >= 4 is 12.2 Å². The molecule has 2 fully saturated rings. The molecule has 3 rings (SSSR count). The smallest absolute Gasteiger partial charge is 0.328 e. The molecular weight excluding hydrogens is 290 g/mol. The number of nitrogens with zero attached hydrogens (tertiary/aromatic N) is 1. The number of hydrogen-bond acceptors (Lipinski definition) is 5. The van der Waals surface area contributed by atoms with Gasteiger partial charge in [-0.25, -0.2) is 9.18 Å². The molecule has 8 heteroatoms. The molecule has 3 heterocycles. The molecule has 2 saturated heterocycles. The Kier molecular flexibility index (Phi) is 3.09. The zero-order chi connectivity index (χ0) is 14.7. The van der Waals surface area contributed by atoms with Crippen LogP contribution < -0.4 is 5.69 Å². The summed E-state index contributed by atoms with van der Waals surface area (Å²) in [6.07, 6.45) is -0.736. The van der Waals surface area contributed by atoms with Crippen molar-refractivity contribution in [3.63, 3.8) is 0 Å². The average molecular weight is 305 g/mol. The van der Waals surface area contributed by atoms with Gasteiger partial charge in [-0.1, -0.05) is 12.2 Å². The second-order valence-corrected chi connectivity index (χ2v) is 5.85. The molecule has 2 aliphatic heterocycles. The minimum atomic E-state index is -0.755. The van der Waals surface area contributed by atoms with Gasteiger partial charge in [-0.15, -0.1) is 0 Å². The lowest BCUT2D eigenvalue weighted by Crippen LogP contribution is -2.35. The fraction of sp³-hybridized carbons (Fsp3) is 0.667. The van der Waals surface area contributed by atoms with Gasteiger partial charge in [-0.2, -0.15) is 0 Å². The van der Waals surface area contributed by atoms with Crippen LogP contribution in [0, 0.1) is 10.5 Å². The lowest BCUT2D eigenvalue weighted by Gasteiger charge is -2.23. The summed E-state index contributed by atoms with van der Waals surface area (Å²) in [6, 6.07) is 0. The van der Waals surface area contributed by atoms with Crippen LogP contribution in [0.3, 0.4) is 0 Å². The zero-order valence-corrected chi connectivity index (χ0v) is 12.1. The molecule has 6 nitrogen and oxygen atoms in total. The molecule has 1 aromatic heterocycles. The minimum absolute atomic E-state index is 0.224. The van der Waals surface area contributed by atoms with Crippen LogP contribution in [0.4, 0.5) is 4.39 Å². The van der Waals surface area contributed by atoms with E-state index in [1.165, 1.54) is 0 Å². The molecule has 0 amide bonds. The third-order valence-corrected chi connectivity index (χ3v) is 3.76. The summed E-state index contributed by atoms with van der Waals surface area (Å²) in [5.74, 6) is -1.44. The first-order valence-electron chi connectivity index (χ1n) is 6.30. The highest BCUT2D eigenvalue weighted by molar-refractivity contribution is 7.71. The molecule has 0 spiro atoms. The molecule has 0 bridgehead atoms. The van der Waals surface area contributed by atoms with Gasteiger partial charge in [-0.05, 0) is 20.8 Å². The Morgan fingerprint density at radius 3 is 2.75 bits per heavy atom. The van der Waals surface area contributed by atoms with Crippen molar-refractivity contribution in [1.29, 1.82) is 0 Å². The summed E-state index contributed by atoms with van der Waals surface area (Å²) < 4.78 is 31.7. The van der Waals surface area contributed by atoms with Gasteiger partial charge < -0.3 is 14.2 Å². The lowest BCUT2D eigenvalue weighted by atomic mass is 10.1. The first-order valence-corrected chi connectivity index (χ1v) is 6.71. The van der Waals surface area contributed by atoms with Crippen LogP contribution >= 0.6 is 12.2 Å². The van der Waals surface area contributed by atoms with Gasteiger partial charge in [0.05, 0.1) is 12.3 Å². The number of aromatic amines is 1. The number of fused-ring (bicyclic) bond motifs is 1. The number of ether oxygens (including phenoxy) is 3. The maximum atomic E-state index is 13.6. The van der Waals surface area contributed by atoms with Gasteiger partial charge in [0.2, 0.25) is 0 Å². The Morgan fingerprint density at radius 1 is 1.40 bits per heavy atom. The van der Waals surface area contributed by atoms with Crippen molar-refractivity contribution in [3.05, 3.63) is 27.1 Å². The van der Waals surface area contributed by atoms with E-state index < -0.39 is 29.6 Å². The predicted molar refractivity (Wildman–Crippen MR) is 69.3 cm³/mol. The SMILES string of the molecule is C[C@H]1O[C@@H]([15n]2cc(F)c(=S)[15nH][13c]2=O)[C@H]2OC(C)(C)OC12. The lowest BCUT2D eigenvalue weighted by molar-refractivity contribution is -0.195. The van der Waals surface area contributed by atoms with Gasteiger partial charge in [0.25, 0.3) is 0 Å². The van der Waals surface area contributed by atoms with Gasteiger partial charge in [0.15, 0.2) is 17.8 Å². The summed E-state index contributed by atoms with van der Waals surface area (Å²) in [5.41, 5.74) is -0.539. The summed E-state index contributed by atoms with van der Waals surface area (Å²) in [7, 11) is 0. The van der Waals surface area contributed by atoms with Gasteiger partial charge in [0.1, 0.15) is 16.8 Å². The third kappa shape index (κ3) is 2.12. The van der Waals surface area contributed by atoms with Crippen LogP contribution in [-0.4, -0.2) is 33.7 Å². The van der Waals surface area contributed by atoms with Crippen LogP contribution in [0.15, 0.2) is 11.0 Å². The fourth-order valence-electron chi connectivity index (χ4n) is 2.65. The van der Waals surface area contributed by atoms with E-state index in [2.05, 4.69) is 17.2 Å². The molecular formula is C12H15FN2O4S. The van der Waals surface area contributed by atoms with Gasteiger partial charge in [-0.3, -0.25) is 9.55 Å². The van der Waals surface area contributed by atoms with Crippen molar-refractivity contribution < 1.29 is 18.6 Å². The molecule has 110 valence electrons. The Bertz CT molecular complexity index is 656. The first-order chi connectivity index (χ1) is 9.28. The first kappa shape index (κ1) is 13.9. The van der Waals surface area contributed by atoms with Gasteiger partial charge in [0, 0.05) is 0 Å². The Morgan fingerprint density at radius 2 is 2.05 bits per heavy atom. The Labute approximate surface area is 119 Å². The standard InChI is InChI=1S/C12H15FN2O4S/c1-5-7-8(19-12(2,3)18-7)10(17-5)15-4-6(13)9(20)14-11(15)16/h4-5,7-8,10H,1-3H3,(H,14,16,20)/t5-,7?,8+,10-/m1/s1/i11+1,14+1,15+1. The van der Waals surface area contributed by atoms with Crippen LogP contribution in [0.5, 0.6) is 0 Å². The number of rotatable bonds is 1. The fourth-order valence-corrected chi connectivity index (χ4v) is 2.79. The van der Waals surface area contributed by atoms with Gasteiger partial charge >= 0.3 is 5.69 Å². The van der Waals surface area contributed by atoms with E-state index in [-0.39, 0.29) is 16.8 Å².